The summed E-state index contributed by atoms with van der Waals surface area (Å²) in [6, 6.07) is 15.7. The monoisotopic (exact) mass is 432 g/mol. The van der Waals surface area contributed by atoms with Crippen molar-refractivity contribution >= 4 is 33.1 Å². The van der Waals surface area contributed by atoms with Crippen molar-refractivity contribution in [2.45, 2.75) is 39.7 Å². The summed E-state index contributed by atoms with van der Waals surface area (Å²) >= 11 is 1.36. The second kappa shape index (κ2) is 8.81. The first-order valence-electron chi connectivity index (χ1n) is 10.3. The number of rotatable bonds is 6. The number of amides is 1. The molecule has 2 aromatic heterocycles. The maximum atomic E-state index is 12.7. The van der Waals surface area contributed by atoms with Crippen molar-refractivity contribution < 1.29 is 4.79 Å². The predicted molar refractivity (Wildman–Crippen MR) is 126 cm³/mol. The summed E-state index contributed by atoms with van der Waals surface area (Å²) in [5, 5.41) is 10.8. The Morgan fingerprint density at radius 2 is 1.84 bits per heavy atom. The molecule has 0 aliphatic heterocycles. The first kappa shape index (κ1) is 20.9. The van der Waals surface area contributed by atoms with Gasteiger partial charge in [-0.3, -0.25) is 9.59 Å². The summed E-state index contributed by atoms with van der Waals surface area (Å²) < 4.78 is 1.20. The van der Waals surface area contributed by atoms with Gasteiger partial charge in [0.15, 0.2) is 5.13 Å². The number of nitrogens with zero attached hydrogens (tertiary/aromatic N) is 3. The summed E-state index contributed by atoms with van der Waals surface area (Å²) in [5.74, 6) is 0.187. The number of carbonyl (C=O) groups excluding carboxylic acids is 1. The molecule has 0 aliphatic carbocycles. The zero-order chi connectivity index (χ0) is 22.0. The van der Waals surface area contributed by atoms with Gasteiger partial charge in [-0.15, -0.1) is 11.3 Å². The Labute approximate surface area is 184 Å². The van der Waals surface area contributed by atoms with E-state index in [0.29, 0.717) is 22.1 Å². The number of fused-ring (bicyclic) bond motifs is 1. The first-order chi connectivity index (χ1) is 15.0. The van der Waals surface area contributed by atoms with Crippen LogP contribution in [0.2, 0.25) is 0 Å². The van der Waals surface area contributed by atoms with Gasteiger partial charge in [-0.2, -0.15) is 5.10 Å². The fourth-order valence-electron chi connectivity index (χ4n) is 3.49. The average Bonchev–Trinajstić information content (AvgIpc) is 3.25. The van der Waals surface area contributed by atoms with Crippen molar-refractivity contribution in [2.75, 3.05) is 5.32 Å². The zero-order valence-corrected chi connectivity index (χ0v) is 18.6. The molecule has 2 aromatic carbocycles. The van der Waals surface area contributed by atoms with Crippen molar-refractivity contribution in [3.05, 3.63) is 75.5 Å². The topological polar surface area (TPSA) is 76.9 Å². The van der Waals surface area contributed by atoms with Gasteiger partial charge in [-0.1, -0.05) is 56.3 Å². The van der Waals surface area contributed by atoms with Crippen LogP contribution in [0, 0.1) is 6.92 Å². The van der Waals surface area contributed by atoms with Crippen molar-refractivity contribution in [1.82, 2.24) is 14.8 Å². The van der Waals surface area contributed by atoms with Crippen LogP contribution < -0.4 is 10.9 Å². The van der Waals surface area contributed by atoms with E-state index in [1.165, 1.54) is 21.6 Å². The van der Waals surface area contributed by atoms with Gasteiger partial charge in [0, 0.05) is 16.3 Å². The highest BCUT2D eigenvalue weighted by Gasteiger charge is 2.13. The number of aromatic nitrogens is 3. The van der Waals surface area contributed by atoms with E-state index in [1.807, 2.05) is 24.4 Å². The smallest absolute Gasteiger partial charge is 0.275 e. The number of thiazole rings is 1. The summed E-state index contributed by atoms with van der Waals surface area (Å²) in [7, 11) is 0. The number of hydrogen-bond acceptors (Lipinski definition) is 5. The highest BCUT2D eigenvalue weighted by Crippen LogP contribution is 2.27. The molecular formula is C24H24N4O2S. The molecular weight excluding hydrogens is 408 g/mol. The lowest BCUT2D eigenvalue weighted by atomic mass is 9.97. The van der Waals surface area contributed by atoms with Crippen molar-refractivity contribution in [3.8, 4) is 11.3 Å². The molecule has 0 saturated heterocycles. The lowest BCUT2D eigenvalue weighted by Crippen LogP contribution is -2.30. The van der Waals surface area contributed by atoms with Crippen LogP contribution in [-0.4, -0.2) is 20.7 Å². The maximum Gasteiger partial charge on any atom is 0.275 e. The standard InChI is InChI=1S/C24H24N4O2S/c1-4-15(2)17-9-11-18(12-10-17)21-14-31-24(25-21)26-22(29)13-28-23(30)20-8-6-5-7-19(20)16(3)27-28/h5-12,14-15H,4,13H2,1-3H3,(H,25,26,29)/t15-/m1/s1. The van der Waals surface area contributed by atoms with Gasteiger partial charge >= 0.3 is 0 Å². The normalized spacial score (nSPS) is 12.1. The zero-order valence-electron chi connectivity index (χ0n) is 17.8. The Balaban J connectivity index is 1.48. The highest BCUT2D eigenvalue weighted by atomic mass is 32.1. The van der Waals surface area contributed by atoms with Crippen LogP contribution in [0.5, 0.6) is 0 Å². The fraction of sp³-hybridized carbons (Fsp3) is 0.250. The summed E-state index contributed by atoms with van der Waals surface area (Å²) in [6.45, 7) is 6.05. The van der Waals surface area contributed by atoms with Gasteiger partial charge in [0.25, 0.3) is 5.56 Å². The lowest BCUT2D eigenvalue weighted by Gasteiger charge is -2.09. The maximum absolute atomic E-state index is 12.7. The molecule has 0 aliphatic rings. The SMILES string of the molecule is CC[C@@H](C)c1ccc(-c2csc(NC(=O)Cn3nc(C)c4ccccc4c3=O)n2)cc1. The van der Waals surface area contributed by atoms with Gasteiger partial charge < -0.3 is 5.32 Å². The third-order valence-electron chi connectivity index (χ3n) is 5.48. The molecule has 158 valence electrons. The number of anilines is 1. The minimum atomic E-state index is -0.336. The summed E-state index contributed by atoms with van der Waals surface area (Å²) in [4.78, 5) is 29.7. The van der Waals surface area contributed by atoms with E-state index in [9.17, 15) is 9.59 Å². The van der Waals surface area contributed by atoms with Crippen molar-refractivity contribution in [1.29, 1.82) is 0 Å². The van der Waals surface area contributed by atoms with E-state index < -0.39 is 0 Å². The Morgan fingerprint density at radius 3 is 2.55 bits per heavy atom. The van der Waals surface area contributed by atoms with Gasteiger partial charge in [0.05, 0.1) is 16.8 Å². The molecule has 0 fully saturated rings. The first-order valence-corrected chi connectivity index (χ1v) is 11.2. The van der Waals surface area contributed by atoms with Crippen LogP contribution in [-0.2, 0) is 11.3 Å². The molecule has 0 bridgehead atoms. The van der Waals surface area contributed by atoms with Crippen LogP contribution in [0.25, 0.3) is 22.0 Å². The minimum absolute atomic E-state index is 0.164. The molecule has 6 nitrogen and oxygen atoms in total. The van der Waals surface area contributed by atoms with Crippen molar-refractivity contribution in [2.24, 2.45) is 0 Å². The largest absolute Gasteiger partial charge is 0.300 e. The third kappa shape index (κ3) is 4.41. The molecule has 2 heterocycles. The summed E-state index contributed by atoms with van der Waals surface area (Å²) in [5.41, 5.74) is 3.55. The van der Waals surface area contributed by atoms with Crippen LogP contribution in [0.4, 0.5) is 5.13 Å². The van der Waals surface area contributed by atoms with Gasteiger partial charge in [0.1, 0.15) is 6.54 Å². The van der Waals surface area contributed by atoms with Crippen molar-refractivity contribution in [3.63, 3.8) is 0 Å². The molecule has 1 amide bonds. The molecule has 4 rings (SSSR count). The molecule has 31 heavy (non-hydrogen) atoms. The van der Waals surface area contributed by atoms with E-state index in [1.54, 1.807) is 12.1 Å². The fourth-order valence-corrected chi connectivity index (χ4v) is 4.22. The lowest BCUT2D eigenvalue weighted by molar-refractivity contribution is -0.117. The van der Waals surface area contributed by atoms with Crippen LogP contribution in [0.1, 0.15) is 37.4 Å². The van der Waals surface area contributed by atoms with E-state index in [0.717, 1.165) is 23.1 Å². The highest BCUT2D eigenvalue weighted by molar-refractivity contribution is 7.14. The minimum Gasteiger partial charge on any atom is -0.300 e. The molecule has 1 N–H and O–H groups in total. The van der Waals surface area contributed by atoms with Gasteiger partial charge in [-0.05, 0) is 30.9 Å². The van der Waals surface area contributed by atoms with Crippen LogP contribution in [0.15, 0.2) is 58.7 Å². The third-order valence-corrected chi connectivity index (χ3v) is 6.24. The van der Waals surface area contributed by atoms with E-state index in [-0.39, 0.29) is 18.0 Å². The molecule has 0 saturated carbocycles. The Morgan fingerprint density at radius 1 is 1.13 bits per heavy atom. The van der Waals surface area contributed by atoms with E-state index >= 15 is 0 Å². The van der Waals surface area contributed by atoms with E-state index in [2.05, 4.69) is 53.5 Å². The molecule has 1 atom stereocenters. The van der Waals surface area contributed by atoms with Gasteiger partial charge in [0.2, 0.25) is 5.91 Å². The molecule has 7 heteroatoms. The van der Waals surface area contributed by atoms with Crippen LogP contribution in [0.3, 0.4) is 0 Å². The Hall–Kier alpha value is -3.32. The molecule has 0 unspecified atom stereocenters. The number of nitrogens with one attached hydrogen (secondary N) is 1. The molecule has 4 aromatic rings. The van der Waals surface area contributed by atoms with Gasteiger partial charge in [-0.25, -0.2) is 9.67 Å². The summed E-state index contributed by atoms with van der Waals surface area (Å²) in [6.07, 6.45) is 1.10. The van der Waals surface area contributed by atoms with E-state index in [4.69, 9.17) is 0 Å². The Kier molecular flexibility index (Phi) is 5.95. The number of benzene rings is 2. The predicted octanol–water partition coefficient (Wildman–Crippen LogP) is 4.98. The van der Waals surface area contributed by atoms with Crippen LogP contribution >= 0.6 is 11.3 Å². The number of aryl methyl sites for hydroxylation is 1. The second-order valence-corrected chi connectivity index (χ2v) is 8.47. The molecule has 0 spiro atoms. The number of hydrogen-bond donors (Lipinski definition) is 1. The molecule has 0 radical (unpaired) electrons. The quantitative estimate of drug-likeness (QED) is 0.466. The Bertz CT molecular complexity index is 1290. The number of carbonyl (C=O) groups is 1. The second-order valence-electron chi connectivity index (χ2n) is 7.61. The average molecular weight is 433 g/mol.